The zero-order valence-corrected chi connectivity index (χ0v) is 11.0. The Hall–Kier alpha value is -0.870. The van der Waals surface area contributed by atoms with Crippen LogP contribution >= 0.6 is 27.7 Å². The van der Waals surface area contributed by atoms with E-state index in [9.17, 15) is 4.39 Å². The summed E-state index contributed by atoms with van der Waals surface area (Å²) in [7, 11) is 0. The van der Waals surface area contributed by atoms with Crippen LogP contribution in [0.4, 0.5) is 4.39 Å². The summed E-state index contributed by atoms with van der Waals surface area (Å²) in [4.78, 5) is 5.32. The van der Waals surface area contributed by atoms with Crippen LogP contribution < -0.4 is 0 Å². The van der Waals surface area contributed by atoms with Crippen molar-refractivity contribution in [3.05, 3.63) is 46.8 Å². The molecule has 0 unspecified atom stereocenters. The van der Waals surface area contributed by atoms with Gasteiger partial charge >= 0.3 is 0 Å². The molecular formula is C12H9BrFNS. The average Bonchev–Trinajstić information content (AvgIpc) is 2.30. The maximum atomic E-state index is 13.6. The summed E-state index contributed by atoms with van der Waals surface area (Å²) in [5.41, 5.74) is 1.15. The standard InChI is InChI=1S/C12H9BrFNS/c1-16-8-6-10(13)12(15-7-8)9-4-2-3-5-11(9)14/h2-7H,1H3. The smallest absolute Gasteiger partial charge is 0.132 e. The van der Waals surface area contributed by atoms with Crippen LogP contribution in [0, 0.1) is 5.82 Å². The van der Waals surface area contributed by atoms with Gasteiger partial charge in [0.2, 0.25) is 0 Å². The van der Waals surface area contributed by atoms with Crippen molar-refractivity contribution in [2.45, 2.75) is 4.90 Å². The summed E-state index contributed by atoms with van der Waals surface area (Å²) in [5, 5.41) is 0. The second-order valence-electron chi connectivity index (χ2n) is 3.19. The van der Waals surface area contributed by atoms with Crippen molar-refractivity contribution in [3.8, 4) is 11.3 Å². The van der Waals surface area contributed by atoms with Gasteiger partial charge in [0.1, 0.15) is 5.82 Å². The fourth-order valence-corrected chi connectivity index (χ4v) is 2.49. The van der Waals surface area contributed by atoms with E-state index in [0.717, 1.165) is 9.37 Å². The number of nitrogens with zero attached hydrogens (tertiary/aromatic N) is 1. The van der Waals surface area contributed by atoms with Gasteiger partial charge in [-0.1, -0.05) is 12.1 Å². The van der Waals surface area contributed by atoms with Gasteiger partial charge in [-0.2, -0.15) is 0 Å². The Bertz CT molecular complexity index is 516. The summed E-state index contributed by atoms with van der Waals surface area (Å²) in [6.45, 7) is 0. The number of hydrogen-bond acceptors (Lipinski definition) is 2. The van der Waals surface area contributed by atoms with Gasteiger partial charge in [-0.15, -0.1) is 11.8 Å². The van der Waals surface area contributed by atoms with Crippen LogP contribution in [0.25, 0.3) is 11.3 Å². The summed E-state index contributed by atoms with van der Waals surface area (Å²) < 4.78 is 14.4. The molecule has 2 rings (SSSR count). The van der Waals surface area contributed by atoms with Crippen molar-refractivity contribution < 1.29 is 4.39 Å². The van der Waals surface area contributed by atoms with E-state index in [0.29, 0.717) is 11.3 Å². The molecule has 0 saturated heterocycles. The molecule has 0 radical (unpaired) electrons. The quantitative estimate of drug-likeness (QED) is 0.763. The number of halogens is 2. The number of benzene rings is 1. The molecule has 0 fully saturated rings. The third-order valence-corrected chi connectivity index (χ3v) is 3.48. The molecule has 0 amide bonds. The highest BCUT2D eigenvalue weighted by atomic mass is 79.9. The molecule has 1 nitrogen and oxygen atoms in total. The highest BCUT2D eigenvalue weighted by molar-refractivity contribution is 9.10. The second kappa shape index (κ2) is 4.97. The Morgan fingerprint density at radius 3 is 2.69 bits per heavy atom. The first-order valence-corrected chi connectivity index (χ1v) is 6.68. The van der Waals surface area contributed by atoms with Gasteiger partial charge < -0.3 is 0 Å². The lowest BCUT2D eigenvalue weighted by Gasteiger charge is -2.06. The van der Waals surface area contributed by atoms with Crippen molar-refractivity contribution in [3.63, 3.8) is 0 Å². The minimum absolute atomic E-state index is 0.257. The largest absolute Gasteiger partial charge is 0.254 e. The van der Waals surface area contributed by atoms with Gasteiger partial charge in [0, 0.05) is 21.1 Å². The zero-order chi connectivity index (χ0) is 11.5. The lowest BCUT2D eigenvalue weighted by molar-refractivity contribution is 0.630. The molecule has 0 spiro atoms. The molecule has 0 aliphatic carbocycles. The van der Waals surface area contributed by atoms with Crippen LogP contribution in [-0.2, 0) is 0 Å². The lowest BCUT2D eigenvalue weighted by Crippen LogP contribution is -1.89. The summed E-state index contributed by atoms with van der Waals surface area (Å²) in [6, 6.07) is 8.57. The maximum Gasteiger partial charge on any atom is 0.132 e. The molecule has 0 aliphatic heterocycles. The number of aromatic nitrogens is 1. The van der Waals surface area contributed by atoms with Crippen molar-refractivity contribution in [2.24, 2.45) is 0 Å². The van der Waals surface area contributed by atoms with E-state index in [4.69, 9.17) is 0 Å². The Balaban J connectivity index is 2.53. The van der Waals surface area contributed by atoms with Crippen molar-refractivity contribution in [2.75, 3.05) is 6.26 Å². The summed E-state index contributed by atoms with van der Waals surface area (Å²) >= 11 is 5.02. The van der Waals surface area contributed by atoms with Crippen LogP contribution in [0.3, 0.4) is 0 Å². The molecule has 1 aromatic heterocycles. The predicted molar refractivity (Wildman–Crippen MR) is 69.1 cm³/mol. The Kier molecular flexibility index (Phi) is 3.61. The maximum absolute atomic E-state index is 13.6. The van der Waals surface area contributed by atoms with Gasteiger partial charge in [0.25, 0.3) is 0 Å². The first-order chi connectivity index (χ1) is 7.72. The summed E-state index contributed by atoms with van der Waals surface area (Å²) in [5.74, 6) is -0.257. The topological polar surface area (TPSA) is 12.9 Å². The third-order valence-electron chi connectivity index (χ3n) is 2.18. The Morgan fingerprint density at radius 1 is 1.31 bits per heavy atom. The van der Waals surface area contributed by atoms with Crippen LogP contribution in [0.1, 0.15) is 0 Å². The van der Waals surface area contributed by atoms with Gasteiger partial charge in [-0.05, 0) is 40.4 Å². The molecule has 0 bridgehead atoms. The SMILES string of the molecule is CSc1cnc(-c2ccccc2F)c(Br)c1. The van der Waals surface area contributed by atoms with E-state index in [1.54, 1.807) is 36.2 Å². The fourth-order valence-electron chi connectivity index (χ4n) is 1.38. The van der Waals surface area contributed by atoms with Crippen LogP contribution in [0.2, 0.25) is 0 Å². The zero-order valence-electron chi connectivity index (χ0n) is 8.58. The van der Waals surface area contributed by atoms with Gasteiger partial charge in [0.05, 0.1) is 5.69 Å². The lowest BCUT2D eigenvalue weighted by atomic mass is 10.1. The van der Waals surface area contributed by atoms with Crippen molar-refractivity contribution in [1.29, 1.82) is 0 Å². The van der Waals surface area contributed by atoms with Gasteiger partial charge in [0.15, 0.2) is 0 Å². The highest BCUT2D eigenvalue weighted by Crippen LogP contribution is 2.30. The van der Waals surface area contributed by atoms with E-state index in [1.165, 1.54) is 6.07 Å². The van der Waals surface area contributed by atoms with E-state index in [-0.39, 0.29) is 5.82 Å². The molecule has 1 heterocycles. The Morgan fingerprint density at radius 2 is 2.06 bits per heavy atom. The van der Waals surface area contributed by atoms with E-state index in [2.05, 4.69) is 20.9 Å². The molecule has 0 N–H and O–H groups in total. The minimum Gasteiger partial charge on any atom is -0.254 e. The molecule has 1 aromatic carbocycles. The van der Waals surface area contributed by atoms with E-state index in [1.807, 2.05) is 12.3 Å². The molecule has 0 saturated carbocycles. The number of hydrogen-bond donors (Lipinski definition) is 0. The number of pyridine rings is 1. The van der Waals surface area contributed by atoms with Crippen LogP contribution in [0.5, 0.6) is 0 Å². The van der Waals surface area contributed by atoms with Crippen molar-refractivity contribution >= 4 is 27.7 Å². The number of thioether (sulfide) groups is 1. The fraction of sp³-hybridized carbons (Fsp3) is 0.0833. The second-order valence-corrected chi connectivity index (χ2v) is 4.92. The van der Waals surface area contributed by atoms with Gasteiger partial charge in [-0.3, -0.25) is 4.98 Å². The normalized spacial score (nSPS) is 10.4. The third kappa shape index (κ3) is 2.28. The predicted octanol–water partition coefficient (Wildman–Crippen LogP) is 4.37. The molecular weight excluding hydrogens is 289 g/mol. The molecule has 2 aromatic rings. The van der Waals surface area contributed by atoms with Crippen molar-refractivity contribution in [1.82, 2.24) is 4.98 Å². The van der Waals surface area contributed by atoms with E-state index >= 15 is 0 Å². The molecule has 4 heteroatoms. The highest BCUT2D eigenvalue weighted by Gasteiger charge is 2.09. The number of rotatable bonds is 2. The molecule has 82 valence electrons. The molecule has 0 atom stereocenters. The molecule has 16 heavy (non-hydrogen) atoms. The first kappa shape index (κ1) is 11.6. The first-order valence-electron chi connectivity index (χ1n) is 4.67. The minimum atomic E-state index is -0.257. The summed E-state index contributed by atoms with van der Waals surface area (Å²) in [6.07, 6.45) is 3.73. The Labute approximate surface area is 106 Å². The van der Waals surface area contributed by atoms with E-state index < -0.39 is 0 Å². The average molecular weight is 298 g/mol. The molecule has 0 aliphatic rings. The van der Waals surface area contributed by atoms with Crippen LogP contribution in [-0.4, -0.2) is 11.2 Å². The van der Waals surface area contributed by atoms with Crippen LogP contribution in [0.15, 0.2) is 45.9 Å². The van der Waals surface area contributed by atoms with Gasteiger partial charge in [-0.25, -0.2) is 4.39 Å². The monoisotopic (exact) mass is 297 g/mol.